The Kier molecular flexibility index (Phi) is 4.39. The van der Waals surface area contributed by atoms with E-state index in [0.29, 0.717) is 0 Å². The minimum Gasteiger partial charge on any atom is -0.399 e. The van der Waals surface area contributed by atoms with Gasteiger partial charge in [-0.3, -0.25) is 0 Å². The molecule has 3 rings (SSSR count). The van der Waals surface area contributed by atoms with Gasteiger partial charge in [0, 0.05) is 21.2 Å². The highest BCUT2D eigenvalue weighted by Gasteiger charge is 2.15. The van der Waals surface area contributed by atoms with Crippen LogP contribution in [0.25, 0.3) is 0 Å². The molecule has 1 saturated carbocycles. The molecule has 0 spiro atoms. The van der Waals surface area contributed by atoms with Crippen molar-refractivity contribution in [1.82, 2.24) is 0 Å². The van der Waals surface area contributed by atoms with E-state index in [1.807, 2.05) is 12.1 Å². The highest BCUT2D eigenvalue weighted by molar-refractivity contribution is 7.99. The van der Waals surface area contributed by atoms with E-state index in [1.54, 1.807) is 17.8 Å². The standard InChI is InChI=1S/C18H22N2S/c19-15-10-16(20)12-18(11-15)21-17-8-6-14(7-9-17)13-4-2-1-3-5-13/h6-13H,1-5,19-20H2. The van der Waals surface area contributed by atoms with Gasteiger partial charge in [0.15, 0.2) is 0 Å². The van der Waals surface area contributed by atoms with E-state index in [-0.39, 0.29) is 0 Å². The van der Waals surface area contributed by atoms with Gasteiger partial charge in [0.25, 0.3) is 0 Å². The molecule has 1 fully saturated rings. The van der Waals surface area contributed by atoms with Gasteiger partial charge in [-0.05, 0) is 54.7 Å². The molecule has 1 aliphatic carbocycles. The molecule has 21 heavy (non-hydrogen) atoms. The van der Waals surface area contributed by atoms with E-state index in [1.165, 1.54) is 42.6 Å². The Balaban J connectivity index is 1.71. The van der Waals surface area contributed by atoms with E-state index in [2.05, 4.69) is 24.3 Å². The smallest absolute Gasteiger partial charge is 0.0346 e. The number of anilines is 2. The van der Waals surface area contributed by atoms with Gasteiger partial charge in [0.05, 0.1) is 0 Å². The summed E-state index contributed by atoms with van der Waals surface area (Å²) in [6.07, 6.45) is 6.85. The van der Waals surface area contributed by atoms with Crippen molar-refractivity contribution >= 4 is 23.1 Å². The first kappa shape index (κ1) is 14.3. The highest BCUT2D eigenvalue weighted by atomic mass is 32.2. The van der Waals surface area contributed by atoms with Crippen LogP contribution in [0, 0.1) is 0 Å². The maximum atomic E-state index is 5.84. The van der Waals surface area contributed by atoms with Gasteiger partial charge in [0.2, 0.25) is 0 Å². The van der Waals surface area contributed by atoms with Gasteiger partial charge in [-0.1, -0.05) is 43.2 Å². The molecule has 0 bridgehead atoms. The zero-order chi connectivity index (χ0) is 14.7. The summed E-state index contributed by atoms with van der Waals surface area (Å²) in [7, 11) is 0. The summed E-state index contributed by atoms with van der Waals surface area (Å²) in [5.41, 5.74) is 14.6. The van der Waals surface area contributed by atoms with E-state index in [0.717, 1.165) is 22.2 Å². The van der Waals surface area contributed by atoms with Crippen molar-refractivity contribution in [3.63, 3.8) is 0 Å². The molecule has 1 aliphatic rings. The van der Waals surface area contributed by atoms with E-state index in [9.17, 15) is 0 Å². The minimum atomic E-state index is 0.719. The van der Waals surface area contributed by atoms with Crippen LogP contribution in [0.1, 0.15) is 43.6 Å². The van der Waals surface area contributed by atoms with Crippen LogP contribution in [-0.2, 0) is 0 Å². The van der Waals surface area contributed by atoms with Crippen molar-refractivity contribution in [3.05, 3.63) is 48.0 Å². The Labute approximate surface area is 130 Å². The average molecular weight is 298 g/mol. The molecule has 110 valence electrons. The van der Waals surface area contributed by atoms with E-state index in [4.69, 9.17) is 11.5 Å². The zero-order valence-electron chi connectivity index (χ0n) is 12.2. The van der Waals surface area contributed by atoms with Crippen LogP contribution in [0.15, 0.2) is 52.3 Å². The fraction of sp³-hybridized carbons (Fsp3) is 0.333. The first-order chi connectivity index (χ1) is 10.2. The van der Waals surface area contributed by atoms with Crippen molar-refractivity contribution < 1.29 is 0 Å². The van der Waals surface area contributed by atoms with Gasteiger partial charge in [0.1, 0.15) is 0 Å². The van der Waals surface area contributed by atoms with Gasteiger partial charge in [-0.2, -0.15) is 0 Å². The van der Waals surface area contributed by atoms with Gasteiger partial charge in [-0.25, -0.2) is 0 Å². The van der Waals surface area contributed by atoms with Crippen LogP contribution in [0.2, 0.25) is 0 Å². The van der Waals surface area contributed by atoms with E-state index >= 15 is 0 Å². The summed E-state index contributed by atoms with van der Waals surface area (Å²) in [5, 5.41) is 0. The number of nitrogen functional groups attached to an aromatic ring is 2. The van der Waals surface area contributed by atoms with Crippen LogP contribution >= 0.6 is 11.8 Å². The third kappa shape index (κ3) is 3.73. The molecule has 0 aromatic heterocycles. The average Bonchev–Trinajstić information content (AvgIpc) is 2.48. The Hall–Kier alpha value is -1.61. The Morgan fingerprint density at radius 3 is 2.00 bits per heavy atom. The van der Waals surface area contributed by atoms with Crippen molar-refractivity contribution in [2.45, 2.75) is 47.8 Å². The summed E-state index contributed by atoms with van der Waals surface area (Å²) in [4.78, 5) is 2.33. The topological polar surface area (TPSA) is 52.0 Å². The van der Waals surface area contributed by atoms with Crippen LogP contribution in [0.3, 0.4) is 0 Å². The predicted octanol–water partition coefficient (Wildman–Crippen LogP) is 5.05. The van der Waals surface area contributed by atoms with Crippen molar-refractivity contribution in [1.29, 1.82) is 0 Å². The number of hydrogen-bond donors (Lipinski definition) is 2. The van der Waals surface area contributed by atoms with Gasteiger partial charge >= 0.3 is 0 Å². The Morgan fingerprint density at radius 2 is 1.38 bits per heavy atom. The first-order valence-electron chi connectivity index (χ1n) is 7.64. The molecule has 2 aromatic carbocycles. The van der Waals surface area contributed by atoms with Gasteiger partial charge < -0.3 is 11.5 Å². The molecule has 0 amide bonds. The lowest BCUT2D eigenvalue weighted by Gasteiger charge is -2.22. The second-order valence-electron chi connectivity index (χ2n) is 5.84. The Morgan fingerprint density at radius 1 is 0.762 bits per heavy atom. The normalized spacial score (nSPS) is 16.0. The molecule has 0 radical (unpaired) electrons. The first-order valence-corrected chi connectivity index (χ1v) is 8.46. The highest BCUT2D eigenvalue weighted by Crippen LogP contribution is 2.35. The second kappa shape index (κ2) is 6.44. The summed E-state index contributed by atoms with van der Waals surface area (Å²) < 4.78 is 0. The molecule has 0 unspecified atom stereocenters. The summed E-state index contributed by atoms with van der Waals surface area (Å²) >= 11 is 1.71. The molecule has 2 nitrogen and oxygen atoms in total. The summed E-state index contributed by atoms with van der Waals surface area (Å²) in [6, 6.07) is 14.7. The molecule has 0 heterocycles. The lowest BCUT2D eigenvalue weighted by molar-refractivity contribution is 0.443. The molecule has 4 N–H and O–H groups in total. The molecular formula is C18H22N2S. The lowest BCUT2D eigenvalue weighted by Crippen LogP contribution is -2.03. The van der Waals surface area contributed by atoms with Crippen molar-refractivity contribution in [2.75, 3.05) is 11.5 Å². The van der Waals surface area contributed by atoms with Crippen molar-refractivity contribution in [3.8, 4) is 0 Å². The molecule has 0 saturated heterocycles. The monoisotopic (exact) mass is 298 g/mol. The van der Waals surface area contributed by atoms with Crippen LogP contribution in [-0.4, -0.2) is 0 Å². The quantitative estimate of drug-likeness (QED) is 0.780. The Bertz CT molecular complexity index is 581. The minimum absolute atomic E-state index is 0.719. The maximum Gasteiger partial charge on any atom is 0.0346 e. The molecular weight excluding hydrogens is 276 g/mol. The number of nitrogens with two attached hydrogens (primary N) is 2. The summed E-state index contributed by atoms with van der Waals surface area (Å²) in [5.74, 6) is 0.765. The lowest BCUT2D eigenvalue weighted by atomic mass is 9.84. The number of rotatable bonds is 3. The molecule has 0 aliphatic heterocycles. The van der Waals surface area contributed by atoms with E-state index < -0.39 is 0 Å². The zero-order valence-corrected chi connectivity index (χ0v) is 13.0. The maximum absolute atomic E-state index is 5.84. The largest absolute Gasteiger partial charge is 0.399 e. The SMILES string of the molecule is Nc1cc(N)cc(Sc2ccc(C3CCCCC3)cc2)c1. The van der Waals surface area contributed by atoms with Crippen molar-refractivity contribution in [2.24, 2.45) is 0 Å². The van der Waals surface area contributed by atoms with Crippen LogP contribution in [0.4, 0.5) is 11.4 Å². The fourth-order valence-electron chi connectivity index (χ4n) is 3.08. The second-order valence-corrected chi connectivity index (χ2v) is 6.99. The summed E-state index contributed by atoms with van der Waals surface area (Å²) in [6.45, 7) is 0. The predicted molar refractivity (Wildman–Crippen MR) is 91.7 cm³/mol. The van der Waals surface area contributed by atoms with Crippen LogP contribution < -0.4 is 11.5 Å². The fourth-order valence-corrected chi connectivity index (χ4v) is 4.02. The number of benzene rings is 2. The molecule has 3 heteroatoms. The molecule has 2 aromatic rings. The third-order valence-electron chi connectivity index (χ3n) is 4.14. The molecule has 0 atom stereocenters. The number of hydrogen-bond acceptors (Lipinski definition) is 3. The third-order valence-corrected chi connectivity index (χ3v) is 5.12. The van der Waals surface area contributed by atoms with Crippen LogP contribution in [0.5, 0.6) is 0 Å². The van der Waals surface area contributed by atoms with Gasteiger partial charge in [-0.15, -0.1) is 0 Å².